The second kappa shape index (κ2) is 13.4. The Morgan fingerprint density at radius 3 is 2.57 bits per heavy atom. The van der Waals surface area contributed by atoms with Crippen molar-refractivity contribution >= 4 is 35.6 Å². The lowest BCUT2D eigenvalue weighted by Crippen LogP contribution is -2.42. The minimum atomic E-state index is 0. The molecule has 5 nitrogen and oxygen atoms in total. The van der Waals surface area contributed by atoms with Gasteiger partial charge in [0.25, 0.3) is 0 Å². The molecule has 0 amide bonds. The maximum atomic E-state index is 5.30. The van der Waals surface area contributed by atoms with Crippen molar-refractivity contribution in [2.75, 3.05) is 51.3 Å². The zero-order valence-corrected chi connectivity index (χ0v) is 17.1. The fraction of sp³-hybridized carbons (Fsp3) is 0.588. The van der Waals surface area contributed by atoms with E-state index in [2.05, 4.69) is 58.6 Å². The molecule has 0 atom stereocenters. The molecule has 0 spiro atoms. The van der Waals surface area contributed by atoms with Crippen molar-refractivity contribution in [3.05, 3.63) is 29.8 Å². The highest BCUT2D eigenvalue weighted by molar-refractivity contribution is 14.0. The molecule has 0 aliphatic carbocycles. The van der Waals surface area contributed by atoms with Crippen LogP contribution in [0.25, 0.3) is 0 Å². The molecule has 0 bridgehead atoms. The first kappa shape index (κ1) is 22.0. The number of aryl methyl sites for hydroxylation is 1. The van der Waals surface area contributed by atoms with E-state index in [1.54, 1.807) is 7.05 Å². The molecule has 0 saturated heterocycles. The minimum Gasteiger partial charge on any atom is -0.380 e. The zero-order chi connectivity index (χ0) is 16.2. The lowest BCUT2D eigenvalue weighted by molar-refractivity contribution is 0.152. The summed E-state index contributed by atoms with van der Waals surface area (Å²) in [4.78, 5) is 6.57. The van der Waals surface area contributed by atoms with Gasteiger partial charge in [0, 0.05) is 45.5 Å². The average Bonchev–Trinajstić information content (AvgIpc) is 2.53. The third-order valence-corrected chi connectivity index (χ3v) is 3.39. The van der Waals surface area contributed by atoms with Gasteiger partial charge in [0.05, 0.1) is 6.61 Å². The number of ether oxygens (including phenoxy) is 1. The fourth-order valence-electron chi connectivity index (χ4n) is 2.21. The van der Waals surface area contributed by atoms with Gasteiger partial charge in [-0.3, -0.25) is 4.99 Å². The number of likely N-dealkylation sites (N-methyl/N-ethyl adjacent to an activating group) is 1. The topological polar surface area (TPSA) is 48.9 Å². The quantitative estimate of drug-likeness (QED) is 0.272. The molecule has 1 aromatic carbocycles. The predicted molar refractivity (Wildman–Crippen MR) is 110 cm³/mol. The summed E-state index contributed by atoms with van der Waals surface area (Å²) in [6.45, 7) is 11.3. The molecular formula is C17H31IN4O. The van der Waals surface area contributed by atoms with Crippen LogP contribution < -0.4 is 15.5 Å². The van der Waals surface area contributed by atoms with Gasteiger partial charge < -0.3 is 20.3 Å². The highest BCUT2D eigenvalue weighted by Gasteiger charge is 2.04. The van der Waals surface area contributed by atoms with Crippen molar-refractivity contribution in [2.24, 2.45) is 4.99 Å². The number of benzene rings is 1. The van der Waals surface area contributed by atoms with Crippen LogP contribution in [0.5, 0.6) is 0 Å². The Balaban J connectivity index is 0.00000484. The summed E-state index contributed by atoms with van der Waals surface area (Å²) in [5.74, 6) is 0.819. The summed E-state index contributed by atoms with van der Waals surface area (Å²) >= 11 is 0. The molecule has 0 fully saturated rings. The van der Waals surface area contributed by atoms with E-state index in [0.717, 1.165) is 38.7 Å². The normalized spacial score (nSPS) is 10.9. The van der Waals surface area contributed by atoms with Crippen molar-refractivity contribution in [3.8, 4) is 0 Å². The number of anilines is 1. The van der Waals surface area contributed by atoms with Gasteiger partial charge in [0.15, 0.2) is 5.96 Å². The summed E-state index contributed by atoms with van der Waals surface area (Å²) in [5.41, 5.74) is 2.56. The monoisotopic (exact) mass is 434 g/mol. The first-order valence-electron chi connectivity index (χ1n) is 8.05. The second-order valence-electron chi connectivity index (χ2n) is 5.04. The predicted octanol–water partition coefficient (Wildman–Crippen LogP) is 2.64. The van der Waals surface area contributed by atoms with Gasteiger partial charge in [-0.2, -0.15) is 0 Å². The number of hydrogen-bond acceptors (Lipinski definition) is 3. The summed E-state index contributed by atoms with van der Waals surface area (Å²) in [6.07, 6.45) is 0. The van der Waals surface area contributed by atoms with Crippen LogP contribution in [0.2, 0.25) is 0 Å². The highest BCUT2D eigenvalue weighted by atomic mass is 127. The van der Waals surface area contributed by atoms with Crippen LogP contribution in [-0.4, -0.2) is 52.4 Å². The van der Waals surface area contributed by atoms with Crippen molar-refractivity contribution in [1.29, 1.82) is 0 Å². The number of nitrogens with one attached hydrogen (secondary N) is 2. The zero-order valence-electron chi connectivity index (χ0n) is 14.8. The first-order valence-corrected chi connectivity index (χ1v) is 8.05. The van der Waals surface area contributed by atoms with E-state index in [4.69, 9.17) is 4.74 Å². The van der Waals surface area contributed by atoms with E-state index < -0.39 is 0 Å². The van der Waals surface area contributed by atoms with E-state index in [1.807, 2.05) is 6.92 Å². The largest absolute Gasteiger partial charge is 0.380 e. The third kappa shape index (κ3) is 9.00. The Labute approximate surface area is 157 Å². The van der Waals surface area contributed by atoms with Gasteiger partial charge in [-0.1, -0.05) is 12.1 Å². The number of aliphatic imine (C=N–C) groups is 1. The molecule has 6 heteroatoms. The van der Waals surface area contributed by atoms with Crippen molar-refractivity contribution < 1.29 is 4.74 Å². The van der Waals surface area contributed by atoms with Gasteiger partial charge in [0.2, 0.25) is 0 Å². The number of guanidine groups is 1. The van der Waals surface area contributed by atoms with E-state index >= 15 is 0 Å². The Kier molecular flexibility index (Phi) is 12.8. The summed E-state index contributed by atoms with van der Waals surface area (Å²) in [6, 6.07) is 8.61. The number of halogens is 1. The maximum absolute atomic E-state index is 5.30. The molecule has 0 radical (unpaired) electrons. The molecule has 2 N–H and O–H groups in total. The standard InChI is InChI=1S/C17H30N4O.HI/c1-5-21(16-9-7-8-15(3)14-16)12-10-19-17(18-4)20-11-13-22-6-2;/h7-9,14H,5-6,10-13H2,1-4H3,(H2,18,19,20);1H. The first-order chi connectivity index (χ1) is 10.7. The van der Waals surface area contributed by atoms with Crippen LogP contribution in [0.4, 0.5) is 5.69 Å². The number of rotatable bonds is 9. The van der Waals surface area contributed by atoms with Gasteiger partial charge in [-0.05, 0) is 38.5 Å². The smallest absolute Gasteiger partial charge is 0.191 e. The van der Waals surface area contributed by atoms with Gasteiger partial charge in [-0.25, -0.2) is 0 Å². The number of nitrogens with zero attached hydrogens (tertiary/aromatic N) is 2. The van der Waals surface area contributed by atoms with Crippen LogP contribution in [0.1, 0.15) is 19.4 Å². The van der Waals surface area contributed by atoms with E-state index in [1.165, 1.54) is 11.3 Å². The van der Waals surface area contributed by atoms with Crippen LogP contribution >= 0.6 is 24.0 Å². The molecular weight excluding hydrogens is 403 g/mol. The fourth-order valence-corrected chi connectivity index (χ4v) is 2.21. The summed E-state index contributed by atoms with van der Waals surface area (Å²) in [5, 5.41) is 6.58. The van der Waals surface area contributed by atoms with Crippen LogP contribution in [0.3, 0.4) is 0 Å². The molecule has 0 aromatic heterocycles. The average molecular weight is 434 g/mol. The summed E-state index contributed by atoms with van der Waals surface area (Å²) < 4.78 is 5.30. The van der Waals surface area contributed by atoms with Crippen LogP contribution in [-0.2, 0) is 4.74 Å². The van der Waals surface area contributed by atoms with Gasteiger partial charge in [0.1, 0.15) is 0 Å². The van der Waals surface area contributed by atoms with Crippen molar-refractivity contribution in [2.45, 2.75) is 20.8 Å². The van der Waals surface area contributed by atoms with Gasteiger partial charge in [-0.15, -0.1) is 24.0 Å². The molecule has 132 valence electrons. The van der Waals surface area contributed by atoms with E-state index in [-0.39, 0.29) is 24.0 Å². The Morgan fingerprint density at radius 2 is 1.96 bits per heavy atom. The number of hydrogen-bond donors (Lipinski definition) is 2. The van der Waals surface area contributed by atoms with E-state index in [0.29, 0.717) is 6.61 Å². The Bertz CT molecular complexity index is 454. The Morgan fingerprint density at radius 1 is 1.22 bits per heavy atom. The lowest BCUT2D eigenvalue weighted by Gasteiger charge is -2.24. The molecule has 0 saturated carbocycles. The maximum Gasteiger partial charge on any atom is 0.191 e. The third-order valence-electron chi connectivity index (χ3n) is 3.39. The minimum absolute atomic E-state index is 0. The second-order valence-corrected chi connectivity index (χ2v) is 5.04. The molecule has 1 rings (SSSR count). The van der Waals surface area contributed by atoms with Crippen LogP contribution in [0.15, 0.2) is 29.3 Å². The Hall–Kier alpha value is -1.02. The van der Waals surface area contributed by atoms with Crippen LogP contribution in [0, 0.1) is 6.92 Å². The highest BCUT2D eigenvalue weighted by Crippen LogP contribution is 2.14. The molecule has 23 heavy (non-hydrogen) atoms. The molecule has 1 aromatic rings. The van der Waals surface area contributed by atoms with Crippen molar-refractivity contribution in [3.63, 3.8) is 0 Å². The molecule has 0 aliphatic heterocycles. The van der Waals surface area contributed by atoms with Crippen molar-refractivity contribution in [1.82, 2.24) is 10.6 Å². The molecule has 0 heterocycles. The van der Waals surface area contributed by atoms with Gasteiger partial charge >= 0.3 is 0 Å². The summed E-state index contributed by atoms with van der Waals surface area (Å²) in [7, 11) is 1.79. The lowest BCUT2D eigenvalue weighted by atomic mass is 10.2. The molecule has 0 aliphatic rings. The SMILES string of the molecule is CCOCCNC(=NC)NCCN(CC)c1cccc(C)c1.I. The van der Waals surface area contributed by atoms with E-state index in [9.17, 15) is 0 Å². The molecule has 0 unspecified atom stereocenters.